The van der Waals surface area contributed by atoms with Crippen molar-refractivity contribution in [3.63, 3.8) is 0 Å². The van der Waals surface area contributed by atoms with Crippen molar-refractivity contribution >= 4 is 34.1 Å². The van der Waals surface area contributed by atoms with Gasteiger partial charge in [0.25, 0.3) is 0 Å². The minimum Gasteiger partial charge on any atom is -0.382 e. The van der Waals surface area contributed by atoms with Crippen LogP contribution in [0.2, 0.25) is 0 Å². The number of anilines is 2. The molecule has 86 valence electrons. The lowest BCUT2D eigenvalue weighted by atomic mass is 10.4. The first kappa shape index (κ1) is 12.4. The molecule has 0 radical (unpaired) electrons. The largest absolute Gasteiger partial charge is 0.390 e. The van der Waals surface area contributed by atoms with Crippen LogP contribution in [-0.4, -0.2) is 23.4 Å². The highest BCUT2D eigenvalue weighted by Gasteiger charge is 2.26. The Bertz CT molecular complexity index is 324. The van der Waals surface area contributed by atoms with E-state index in [4.69, 9.17) is 5.73 Å². The van der Waals surface area contributed by atoms with Gasteiger partial charge in [-0.2, -0.15) is 17.5 Å². The van der Waals surface area contributed by atoms with Crippen LogP contribution < -0.4 is 11.1 Å². The van der Waals surface area contributed by atoms with E-state index in [1.807, 2.05) is 0 Å². The van der Waals surface area contributed by atoms with Gasteiger partial charge in [0.2, 0.25) is 0 Å². The Labute approximate surface area is 93.4 Å². The predicted octanol–water partition coefficient (Wildman–Crippen LogP) is 2.81. The zero-order valence-electron chi connectivity index (χ0n) is 7.89. The molecule has 0 bridgehead atoms. The lowest BCUT2D eigenvalue weighted by Crippen LogP contribution is -2.14. The molecule has 0 aromatic carbocycles. The normalized spacial score (nSPS) is 11.7. The van der Waals surface area contributed by atoms with E-state index in [0.29, 0.717) is 15.7 Å². The highest BCUT2D eigenvalue weighted by Crippen LogP contribution is 2.34. The van der Waals surface area contributed by atoms with Crippen molar-refractivity contribution in [2.75, 3.05) is 23.9 Å². The molecule has 0 aliphatic carbocycles. The molecule has 1 heterocycles. The molecule has 0 fully saturated rings. The van der Waals surface area contributed by atoms with Crippen molar-refractivity contribution in [3.8, 4) is 0 Å². The van der Waals surface area contributed by atoms with Crippen molar-refractivity contribution in [2.45, 2.75) is 17.5 Å². The summed E-state index contributed by atoms with van der Waals surface area (Å²) in [6.45, 7) is -0.154. The minimum absolute atomic E-state index is 0.154. The number of nitrogens with one attached hydrogen (secondary N) is 1. The van der Waals surface area contributed by atoms with E-state index < -0.39 is 12.6 Å². The van der Waals surface area contributed by atoms with Crippen LogP contribution in [0.4, 0.5) is 24.0 Å². The third-order valence-corrected chi connectivity index (χ3v) is 3.34. The molecule has 3 N–H and O–H groups in total. The van der Waals surface area contributed by atoms with E-state index in [-0.39, 0.29) is 6.54 Å². The second-order valence-corrected chi connectivity index (χ2v) is 4.31. The second-order valence-electron chi connectivity index (χ2n) is 2.72. The molecule has 0 spiro atoms. The molecular weight excluding hydrogens is 247 g/mol. The van der Waals surface area contributed by atoms with Crippen molar-refractivity contribution in [3.05, 3.63) is 0 Å². The van der Waals surface area contributed by atoms with E-state index >= 15 is 0 Å². The number of alkyl halides is 3. The van der Waals surface area contributed by atoms with Gasteiger partial charge in [-0.3, -0.25) is 0 Å². The van der Waals surface area contributed by atoms with E-state index in [0.717, 1.165) is 11.5 Å². The lowest BCUT2D eigenvalue weighted by molar-refractivity contribution is -0.131. The molecule has 1 rings (SSSR count). The molecule has 8 heteroatoms. The Morgan fingerprint density at radius 1 is 1.53 bits per heavy atom. The number of aromatic nitrogens is 1. The molecule has 3 nitrogen and oxygen atoms in total. The summed E-state index contributed by atoms with van der Waals surface area (Å²) in [6, 6.07) is 0. The number of nitrogen functional groups attached to an aromatic ring is 1. The molecule has 1 aromatic heterocycles. The number of thioether (sulfide) groups is 1. The molecule has 0 amide bonds. The standard InChI is InChI=1S/C7H10F3N3S2/c1-14-4-5(11)13-15-6(4)12-3-2-7(8,9)10/h12H,2-3H2,1H3,(H2,11,13). The van der Waals surface area contributed by atoms with Crippen molar-refractivity contribution < 1.29 is 13.2 Å². The van der Waals surface area contributed by atoms with Crippen LogP contribution in [0, 0.1) is 0 Å². The fourth-order valence-electron chi connectivity index (χ4n) is 0.922. The zero-order chi connectivity index (χ0) is 11.5. The van der Waals surface area contributed by atoms with Gasteiger partial charge < -0.3 is 11.1 Å². The molecular formula is C7H10F3N3S2. The Morgan fingerprint density at radius 3 is 2.73 bits per heavy atom. The molecule has 0 aliphatic heterocycles. The summed E-state index contributed by atoms with van der Waals surface area (Å²) >= 11 is 2.44. The molecule has 1 aromatic rings. The number of nitrogens with two attached hydrogens (primary N) is 1. The van der Waals surface area contributed by atoms with Gasteiger partial charge >= 0.3 is 6.18 Å². The summed E-state index contributed by atoms with van der Waals surface area (Å²) in [5, 5.41) is 3.28. The zero-order valence-corrected chi connectivity index (χ0v) is 9.52. The van der Waals surface area contributed by atoms with E-state index in [2.05, 4.69) is 9.69 Å². The quantitative estimate of drug-likeness (QED) is 0.814. The van der Waals surface area contributed by atoms with Crippen LogP contribution in [0.3, 0.4) is 0 Å². The monoisotopic (exact) mass is 257 g/mol. The highest BCUT2D eigenvalue weighted by atomic mass is 32.2. The van der Waals surface area contributed by atoms with Crippen LogP contribution in [-0.2, 0) is 0 Å². The van der Waals surface area contributed by atoms with Gasteiger partial charge in [0.1, 0.15) is 5.00 Å². The SMILES string of the molecule is CSc1c(N)nsc1NCCC(F)(F)F. The number of nitrogens with zero attached hydrogens (tertiary/aromatic N) is 1. The van der Waals surface area contributed by atoms with Crippen molar-refractivity contribution in [1.29, 1.82) is 0 Å². The summed E-state index contributed by atoms with van der Waals surface area (Å²) in [6.07, 6.45) is -3.20. The molecule has 0 unspecified atom stereocenters. The molecule has 0 atom stereocenters. The van der Waals surface area contributed by atoms with Gasteiger partial charge in [0, 0.05) is 6.54 Å². The summed E-state index contributed by atoms with van der Waals surface area (Å²) < 4.78 is 39.4. The summed E-state index contributed by atoms with van der Waals surface area (Å²) in [5.41, 5.74) is 5.53. The second kappa shape index (κ2) is 4.93. The highest BCUT2D eigenvalue weighted by molar-refractivity contribution is 7.99. The van der Waals surface area contributed by atoms with Crippen LogP contribution >= 0.6 is 23.3 Å². The van der Waals surface area contributed by atoms with E-state index in [1.54, 1.807) is 6.26 Å². The average Bonchev–Trinajstić information content (AvgIpc) is 2.44. The van der Waals surface area contributed by atoms with Crippen molar-refractivity contribution in [2.24, 2.45) is 0 Å². The number of hydrogen-bond donors (Lipinski definition) is 2. The molecule has 0 saturated carbocycles. The average molecular weight is 257 g/mol. The topological polar surface area (TPSA) is 50.9 Å². The third-order valence-electron chi connectivity index (χ3n) is 1.57. The van der Waals surface area contributed by atoms with Gasteiger partial charge in [-0.05, 0) is 17.8 Å². The van der Waals surface area contributed by atoms with Crippen LogP contribution in [0.5, 0.6) is 0 Å². The van der Waals surface area contributed by atoms with Gasteiger partial charge in [-0.1, -0.05) is 0 Å². The van der Waals surface area contributed by atoms with Crippen LogP contribution in [0.1, 0.15) is 6.42 Å². The van der Waals surface area contributed by atoms with Crippen LogP contribution in [0.15, 0.2) is 4.90 Å². The number of halogens is 3. The third kappa shape index (κ3) is 3.78. The van der Waals surface area contributed by atoms with Gasteiger partial charge in [-0.25, -0.2) is 0 Å². The Balaban J connectivity index is 2.51. The smallest absolute Gasteiger partial charge is 0.382 e. The first-order chi connectivity index (χ1) is 6.94. The first-order valence-electron chi connectivity index (χ1n) is 4.04. The van der Waals surface area contributed by atoms with Crippen molar-refractivity contribution in [1.82, 2.24) is 4.37 Å². The summed E-state index contributed by atoms with van der Waals surface area (Å²) in [4.78, 5) is 0.710. The molecule has 0 aliphatic rings. The first-order valence-corrected chi connectivity index (χ1v) is 6.03. The summed E-state index contributed by atoms with van der Waals surface area (Å²) in [5.74, 6) is 0.363. The van der Waals surface area contributed by atoms with Crippen LogP contribution in [0.25, 0.3) is 0 Å². The lowest BCUT2D eigenvalue weighted by Gasteiger charge is -2.07. The Hall–Kier alpha value is -0.630. The fourth-order valence-corrected chi connectivity index (χ4v) is 2.49. The number of hydrogen-bond acceptors (Lipinski definition) is 5. The molecule has 0 saturated heterocycles. The maximum absolute atomic E-state index is 11.9. The van der Waals surface area contributed by atoms with E-state index in [1.165, 1.54) is 11.8 Å². The van der Waals surface area contributed by atoms with Gasteiger partial charge in [-0.15, -0.1) is 11.8 Å². The maximum Gasteiger partial charge on any atom is 0.390 e. The Morgan fingerprint density at radius 2 is 2.20 bits per heavy atom. The van der Waals surface area contributed by atoms with Gasteiger partial charge in [0.15, 0.2) is 5.82 Å². The number of rotatable bonds is 4. The maximum atomic E-state index is 11.9. The van der Waals surface area contributed by atoms with E-state index in [9.17, 15) is 13.2 Å². The molecule has 15 heavy (non-hydrogen) atoms. The minimum atomic E-state index is -4.14. The Kier molecular flexibility index (Phi) is 4.09. The predicted molar refractivity (Wildman–Crippen MR) is 57.5 cm³/mol. The van der Waals surface area contributed by atoms with Gasteiger partial charge in [0.05, 0.1) is 11.3 Å². The fraction of sp³-hybridized carbons (Fsp3) is 0.571. The summed E-state index contributed by atoms with van der Waals surface area (Å²) in [7, 11) is 0.